The van der Waals surface area contributed by atoms with Crippen LogP contribution in [0.15, 0.2) is 30.3 Å². The first-order valence-electron chi connectivity index (χ1n) is 8.88. The molecule has 0 radical (unpaired) electrons. The minimum atomic E-state index is -0.104. The molecule has 2 fully saturated rings. The fraction of sp³-hybridized carbons (Fsp3) is 0.579. The van der Waals surface area contributed by atoms with Crippen molar-refractivity contribution in [2.45, 2.75) is 51.0 Å². The summed E-state index contributed by atoms with van der Waals surface area (Å²) < 4.78 is 0. The molecule has 2 aliphatic rings. The lowest BCUT2D eigenvalue weighted by atomic mass is 9.78. The molecule has 4 heteroatoms. The second kappa shape index (κ2) is 7.62. The smallest absolute Gasteiger partial charge is 0.251 e. The summed E-state index contributed by atoms with van der Waals surface area (Å²) in [5.74, 6) is 0.808. The number of hydrogen-bond donors (Lipinski definition) is 1. The molecule has 1 aromatic rings. The number of nitrogens with one attached hydrogen (secondary N) is 1. The van der Waals surface area contributed by atoms with Gasteiger partial charge >= 0.3 is 0 Å². The van der Waals surface area contributed by atoms with Gasteiger partial charge in [0.05, 0.1) is 0 Å². The van der Waals surface area contributed by atoms with Crippen molar-refractivity contribution >= 4 is 11.8 Å². The van der Waals surface area contributed by atoms with Crippen molar-refractivity contribution in [2.75, 3.05) is 13.1 Å². The molecule has 3 rings (SSSR count). The largest absolute Gasteiger partial charge is 0.352 e. The lowest BCUT2D eigenvalue weighted by molar-refractivity contribution is -0.137. The number of carbonyl (C=O) groups excluding carboxylic acids is 2. The molecule has 0 spiro atoms. The Morgan fingerprint density at radius 3 is 2.61 bits per heavy atom. The lowest BCUT2D eigenvalue weighted by Crippen LogP contribution is -2.50. The van der Waals surface area contributed by atoms with Gasteiger partial charge in [-0.3, -0.25) is 9.59 Å². The van der Waals surface area contributed by atoms with E-state index in [2.05, 4.69) is 10.2 Å². The molecule has 1 aliphatic heterocycles. The normalized spacial score (nSPS) is 23.9. The average molecular weight is 314 g/mol. The van der Waals surface area contributed by atoms with E-state index in [0.717, 1.165) is 19.4 Å². The van der Waals surface area contributed by atoms with E-state index < -0.39 is 0 Å². The summed E-state index contributed by atoms with van der Waals surface area (Å²) in [6, 6.07) is 9.60. The summed E-state index contributed by atoms with van der Waals surface area (Å²) in [7, 11) is 0. The summed E-state index contributed by atoms with van der Waals surface area (Å²) in [6.45, 7) is 1.31. The van der Waals surface area contributed by atoms with E-state index in [1.807, 2.05) is 18.2 Å². The van der Waals surface area contributed by atoms with Crippen LogP contribution in [0.4, 0.5) is 0 Å². The van der Waals surface area contributed by atoms with Crippen LogP contribution in [0.25, 0.3) is 0 Å². The van der Waals surface area contributed by atoms with Crippen LogP contribution < -0.4 is 5.32 Å². The Morgan fingerprint density at radius 1 is 1.04 bits per heavy atom. The quantitative estimate of drug-likeness (QED) is 0.929. The van der Waals surface area contributed by atoms with Crippen LogP contribution in [0.5, 0.6) is 0 Å². The molecule has 1 saturated carbocycles. The van der Waals surface area contributed by atoms with Crippen LogP contribution in [0.2, 0.25) is 0 Å². The molecule has 2 unspecified atom stereocenters. The number of fused-ring (bicyclic) bond motifs is 1. The van der Waals surface area contributed by atoms with E-state index >= 15 is 0 Å². The van der Waals surface area contributed by atoms with Crippen molar-refractivity contribution < 1.29 is 9.59 Å². The highest BCUT2D eigenvalue weighted by atomic mass is 16.2. The number of benzene rings is 1. The predicted octanol–water partition coefficient (Wildman–Crippen LogP) is 2.99. The second-order valence-electron chi connectivity index (χ2n) is 6.71. The van der Waals surface area contributed by atoms with Gasteiger partial charge in [-0.2, -0.15) is 0 Å². The minimum Gasteiger partial charge on any atom is -0.352 e. The number of likely N-dealkylation sites (tertiary alicyclic amines) is 1. The summed E-state index contributed by atoms with van der Waals surface area (Å²) in [6.07, 6.45) is 7.81. The fourth-order valence-electron chi connectivity index (χ4n) is 4.05. The van der Waals surface area contributed by atoms with E-state index in [1.165, 1.54) is 25.7 Å². The van der Waals surface area contributed by atoms with Crippen LogP contribution in [0, 0.1) is 5.92 Å². The maximum Gasteiger partial charge on any atom is 0.251 e. The third-order valence-corrected chi connectivity index (χ3v) is 5.22. The number of nitrogens with zero attached hydrogens (tertiary/aromatic N) is 1. The molecule has 4 nitrogen and oxygen atoms in total. The van der Waals surface area contributed by atoms with Gasteiger partial charge in [0.25, 0.3) is 5.91 Å². The van der Waals surface area contributed by atoms with E-state index in [4.69, 9.17) is 0 Å². The summed E-state index contributed by atoms with van der Waals surface area (Å²) >= 11 is 0. The molecular formula is C19H26N2O2. The zero-order chi connectivity index (χ0) is 16.1. The molecule has 1 N–H and O–H groups in total. The van der Waals surface area contributed by atoms with Crippen molar-refractivity contribution in [1.82, 2.24) is 10.2 Å². The zero-order valence-corrected chi connectivity index (χ0v) is 13.7. The average Bonchev–Trinajstić information content (AvgIpc) is 2.61. The van der Waals surface area contributed by atoms with Gasteiger partial charge in [-0.15, -0.1) is 0 Å². The molecular weight excluding hydrogens is 288 g/mol. The van der Waals surface area contributed by atoms with Gasteiger partial charge in [-0.25, -0.2) is 0 Å². The molecule has 2 amide bonds. The van der Waals surface area contributed by atoms with E-state index in [1.54, 1.807) is 12.1 Å². The van der Waals surface area contributed by atoms with Crippen molar-refractivity contribution in [3.8, 4) is 0 Å². The Hall–Kier alpha value is -1.84. The summed E-state index contributed by atoms with van der Waals surface area (Å²) in [5.41, 5.74) is 0.644. The maximum atomic E-state index is 12.5. The first-order chi connectivity index (χ1) is 11.3. The molecule has 0 bridgehead atoms. The summed E-state index contributed by atoms with van der Waals surface area (Å²) in [4.78, 5) is 26.6. The molecule has 1 heterocycles. The number of rotatable bonds is 4. The number of carbonyl (C=O) groups is 2. The van der Waals surface area contributed by atoms with Crippen LogP contribution in [-0.4, -0.2) is 35.8 Å². The van der Waals surface area contributed by atoms with Gasteiger partial charge in [0.1, 0.15) is 0 Å². The zero-order valence-electron chi connectivity index (χ0n) is 13.7. The van der Waals surface area contributed by atoms with E-state index in [0.29, 0.717) is 30.5 Å². The summed E-state index contributed by atoms with van der Waals surface area (Å²) in [5, 5.41) is 2.85. The van der Waals surface area contributed by atoms with Crippen molar-refractivity contribution in [3.63, 3.8) is 0 Å². The third kappa shape index (κ3) is 3.92. The van der Waals surface area contributed by atoms with E-state index in [9.17, 15) is 9.59 Å². The van der Waals surface area contributed by atoms with Crippen molar-refractivity contribution in [2.24, 2.45) is 5.92 Å². The lowest BCUT2D eigenvalue weighted by Gasteiger charge is -2.44. The highest BCUT2D eigenvalue weighted by molar-refractivity contribution is 5.94. The van der Waals surface area contributed by atoms with Gasteiger partial charge < -0.3 is 10.2 Å². The van der Waals surface area contributed by atoms with Crippen molar-refractivity contribution in [3.05, 3.63) is 35.9 Å². The first kappa shape index (κ1) is 16.0. The van der Waals surface area contributed by atoms with Crippen LogP contribution in [-0.2, 0) is 4.79 Å². The molecule has 124 valence electrons. The maximum absolute atomic E-state index is 12.5. The molecule has 1 saturated heterocycles. The molecule has 0 aromatic heterocycles. The standard InChI is InChI=1S/C19H26N2O2/c22-18(12-13-20-19(23)16-8-2-1-3-9-16)21-14-6-10-15-7-4-5-11-17(15)21/h1-3,8-9,15,17H,4-7,10-14H2,(H,20,23). The Balaban J connectivity index is 1.48. The molecule has 23 heavy (non-hydrogen) atoms. The van der Waals surface area contributed by atoms with Crippen LogP contribution in [0.3, 0.4) is 0 Å². The van der Waals surface area contributed by atoms with Crippen LogP contribution in [0.1, 0.15) is 55.3 Å². The Bertz CT molecular complexity index is 542. The molecule has 1 aliphatic carbocycles. The first-order valence-corrected chi connectivity index (χ1v) is 8.88. The van der Waals surface area contributed by atoms with Gasteiger partial charge in [0.15, 0.2) is 0 Å². The SMILES string of the molecule is O=C(NCCC(=O)N1CCCC2CCCCC21)c1ccccc1. The number of hydrogen-bond acceptors (Lipinski definition) is 2. The highest BCUT2D eigenvalue weighted by Crippen LogP contribution is 2.35. The third-order valence-electron chi connectivity index (χ3n) is 5.22. The monoisotopic (exact) mass is 314 g/mol. The molecule has 2 atom stereocenters. The highest BCUT2D eigenvalue weighted by Gasteiger charge is 2.35. The van der Waals surface area contributed by atoms with Gasteiger partial charge in [0, 0.05) is 31.1 Å². The van der Waals surface area contributed by atoms with Gasteiger partial charge in [-0.1, -0.05) is 31.0 Å². The number of piperidine rings is 1. The predicted molar refractivity (Wildman–Crippen MR) is 90.1 cm³/mol. The Labute approximate surface area is 138 Å². The van der Waals surface area contributed by atoms with Gasteiger partial charge in [0.2, 0.25) is 5.91 Å². The Kier molecular flexibility index (Phi) is 5.31. The minimum absolute atomic E-state index is 0.104. The Morgan fingerprint density at radius 2 is 1.78 bits per heavy atom. The van der Waals surface area contributed by atoms with E-state index in [-0.39, 0.29) is 11.8 Å². The number of amides is 2. The fourth-order valence-corrected chi connectivity index (χ4v) is 4.05. The topological polar surface area (TPSA) is 49.4 Å². The molecule has 1 aromatic carbocycles. The van der Waals surface area contributed by atoms with Gasteiger partial charge in [-0.05, 0) is 43.7 Å². The second-order valence-corrected chi connectivity index (χ2v) is 6.71. The van der Waals surface area contributed by atoms with Crippen LogP contribution >= 0.6 is 0 Å². The van der Waals surface area contributed by atoms with Crippen molar-refractivity contribution in [1.29, 1.82) is 0 Å².